The standard InChI is InChI=1S/C13H16FNO2/c1-3-6-15(7-8-16)13-5-4-11(10(2)17)9-12(13)14/h3-5,9,16H,1,6-8H2,2H3. The minimum absolute atomic E-state index is 0.0677. The topological polar surface area (TPSA) is 40.5 Å². The second-order valence-corrected chi connectivity index (χ2v) is 3.68. The molecule has 1 N–H and O–H groups in total. The lowest BCUT2D eigenvalue weighted by atomic mass is 10.1. The number of aliphatic hydroxyl groups is 1. The minimum atomic E-state index is -0.465. The Balaban J connectivity index is 3.03. The third-order valence-corrected chi connectivity index (χ3v) is 2.41. The lowest BCUT2D eigenvalue weighted by Crippen LogP contribution is -2.27. The summed E-state index contributed by atoms with van der Waals surface area (Å²) in [4.78, 5) is 12.8. The predicted octanol–water partition coefficient (Wildman–Crippen LogP) is 2.01. The van der Waals surface area contributed by atoms with E-state index in [-0.39, 0.29) is 12.4 Å². The number of carbonyl (C=O) groups is 1. The van der Waals surface area contributed by atoms with Gasteiger partial charge in [-0.05, 0) is 25.1 Å². The van der Waals surface area contributed by atoms with Crippen LogP contribution in [0.25, 0.3) is 0 Å². The maximum atomic E-state index is 13.8. The van der Waals surface area contributed by atoms with Gasteiger partial charge in [0.2, 0.25) is 0 Å². The highest BCUT2D eigenvalue weighted by Gasteiger charge is 2.11. The van der Waals surface area contributed by atoms with Crippen LogP contribution in [0.2, 0.25) is 0 Å². The zero-order valence-electron chi connectivity index (χ0n) is 9.82. The Morgan fingerprint density at radius 2 is 2.29 bits per heavy atom. The molecule has 0 aromatic heterocycles. The summed E-state index contributed by atoms with van der Waals surface area (Å²) in [6.07, 6.45) is 1.63. The molecule has 17 heavy (non-hydrogen) atoms. The monoisotopic (exact) mass is 237 g/mol. The Labute approximate surface area is 100 Å². The zero-order chi connectivity index (χ0) is 12.8. The largest absolute Gasteiger partial charge is 0.395 e. The molecular formula is C13H16FNO2. The van der Waals surface area contributed by atoms with Gasteiger partial charge in [-0.1, -0.05) is 6.08 Å². The van der Waals surface area contributed by atoms with Gasteiger partial charge in [-0.2, -0.15) is 0 Å². The molecule has 0 aliphatic carbocycles. The van der Waals surface area contributed by atoms with Crippen LogP contribution in [-0.2, 0) is 0 Å². The van der Waals surface area contributed by atoms with Crippen molar-refractivity contribution in [1.82, 2.24) is 0 Å². The molecule has 1 aromatic carbocycles. The molecule has 0 aliphatic rings. The first kappa shape index (κ1) is 13.4. The smallest absolute Gasteiger partial charge is 0.159 e. The van der Waals surface area contributed by atoms with Crippen molar-refractivity contribution in [1.29, 1.82) is 0 Å². The second-order valence-electron chi connectivity index (χ2n) is 3.68. The van der Waals surface area contributed by atoms with Gasteiger partial charge < -0.3 is 10.0 Å². The number of Topliss-reactive ketones (excluding diaryl/α,β-unsaturated/α-hetero) is 1. The first-order valence-electron chi connectivity index (χ1n) is 5.37. The molecule has 0 bridgehead atoms. The number of ketones is 1. The van der Waals surface area contributed by atoms with Crippen molar-refractivity contribution < 1.29 is 14.3 Å². The van der Waals surface area contributed by atoms with Crippen LogP contribution >= 0.6 is 0 Å². The number of benzene rings is 1. The maximum absolute atomic E-state index is 13.8. The highest BCUT2D eigenvalue weighted by molar-refractivity contribution is 5.94. The van der Waals surface area contributed by atoms with Crippen LogP contribution in [0.15, 0.2) is 30.9 Å². The molecule has 1 rings (SSSR count). The average Bonchev–Trinajstić information content (AvgIpc) is 2.28. The van der Waals surface area contributed by atoms with Crippen LogP contribution in [0.4, 0.5) is 10.1 Å². The minimum Gasteiger partial charge on any atom is -0.395 e. The molecule has 0 spiro atoms. The molecule has 0 radical (unpaired) electrons. The number of nitrogens with zero attached hydrogens (tertiary/aromatic N) is 1. The molecule has 3 nitrogen and oxygen atoms in total. The predicted molar refractivity (Wildman–Crippen MR) is 65.9 cm³/mol. The Morgan fingerprint density at radius 3 is 2.76 bits per heavy atom. The van der Waals surface area contributed by atoms with Crippen molar-refractivity contribution in [3.05, 3.63) is 42.2 Å². The number of anilines is 1. The SMILES string of the molecule is C=CCN(CCO)c1ccc(C(C)=O)cc1F. The fourth-order valence-electron chi connectivity index (χ4n) is 1.57. The van der Waals surface area contributed by atoms with Crippen LogP contribution < -0.4 is 4.90 Å². The lowest BCUT2D eigenvalue weighted by Gasteiger charge is -2.22. The summed E-state index contributed by atoms with van der Waals surface area (Å²) in [5, 5.41) is 8.91. The summed E-state index contributed by atoms with van der Waals surface area (Å²) in [6, 6.07) is 4.34. The van der Waals surface area contributed by atoms with Gasteiger partial charge in [-0.3, -0.25) is 4.79 Å². The summed E-state index contributed by atoms with van der Waals surface area (Å²) >= 11 is 0. The van der Waals surface area contributed by atoms with Crippen molar-refractivity contribution >= 4 is 11.5 Å². The second kappa shape index (κ2) is 6.15. The van der Waals surface area contributed by atoms with Gasteiger partial charge in [0.15, 0.2) is 5.78 Å². The van der Waals surface area contributed by atoms with E-state index in [0.717, 1.165) is 0 Å². The molecule has 0 unspecified atom stereocenters. The summed E-state index contributed by atoms with van der Waals surface area (Å²) < 4.78 is 13.8. The Kier molecular flexibility index (Phi) is 4.84. The van der Waals surface area contributed by atoms with E-state index in [4.69, 9.17) is 5.11 Å². The lowest BCUT2D eigenvalue weighted by molar-refractivity contribution is 0.101. The summed E-state index contributed by atoms with van der Waals surface area (Å²) in [7, 11) is 0. The van der Waals surface area contributed by atoms with E-state index in [1.807, 2.05) is 0 Å². The molecule has 0 atom stereocenters. The van der Waals surface area contributed by atoms with Gasteiger partial charge in [0.05, 0.1) is 12.3 Å². The van der Waals surface area contributed by atoms with E-state index in [1.165, 1.54) is 13.0 Å². The highest BCUT2D eigenvalue weighted by atomic mass is 19.1. The van der Waals surface area contributed by atoms with Crippen LogP contribution in [0.1, 0.15) is 17.3 Å². The normalized spacial score (nSPS) is 10.1. The number of hydrogen-bond donors (Lipinski definition) is 1. The molecule has 0 saturated carbocycles. The molecule has 0 fully saturated rings. The van der Waals surface area contributed by atoms with E-state index in [9.17, 15) is 9.18 Å². The quantitative estimate of drug-likeness (QED) is 0.608. The number of carbonyl (C=O) groups excluding carboxylic acids is 1. The summed E-state index contributed by atoms with van der Waals surface area (Å²) in [5.74, 6) is -0.638. The molecule has 0 amide bonds. The number of hydrogen-bond acceptors (Lipinski definition) is 3. The van der Waals surface area contributed by atoms with E-state index < -0.39 is 5.82 Å². The van der Waals surface area contributed by atoms with Crippen molar-refractivity contribution in [3.8, 4) is 0 Å². The fourth-order valence-corrected chi connectivity index (χ4v) is 1.57. The van der Waals surface area contributed by atoms with E-state index in [1.54, 1.807) is 23.1 Å². The highest BCUT2D eigenvalue weighted by Crippen LogP contribution is 2.20. The van der Waals surface area contributed by atoms with E-state index >= 15 is 0 Å². The van der Waals surface area contributed by atoms with Crippen molar-refractivity contribution in [2.45, 2.75) is 6.92 Å². The molecule has 0 saturated heterocycles. The van der Waals surface area contributed by atoms with Crippen LogP contribution in [-0.4, -0.2) is 30.6 Å². The molecular weight excluding hydrogens is 221 g/mol. The third kappa shape index (κ3) is 3.39. The zero-order valence-corrected chi connectivity index (χ0v) is 9.82. The molecule has 4 heteroatoms. The van der Waals surface area contributed by atoms with Crippen molar-refractivity contribution in [2.24, 2.45) is 0 Å². The first-order valence-corrected chi connectivity index (χ1v) is 5.37. The van der Waals surface area contributed by atoms with Crippen molar-refractivity contribution in [3.63, 3.8) is 0 Å². The van der Waals surface area contributed by atoms with Gasteiger partial charge in [0.1, 0.15) is 5.82 Å². The van der Waals surface area contributed by atoms with Gasteiger partial charge in [0, 0.05) is 18.7 Å². The first-order chi connectivity index (χ1) is 8.10. The summed E-state index contributed by atoms with van der Waals surface area (Å²) in [5.41, 5.74) is 0.706. The fraction of sp³-hybridized carbons (Fsp3) is 0.308. The average molecular weight is 237 g/mol. The third-order valence-electron chi connectivity index (χ3n) is 2.41. The van der Waals surface area contributed by atoms with Gasteiger partial charge >= 0.3 is 0 Å². The van der Waals surface area contributed by atoms with E-state index in [2.05, 4.69) is 6.58 Å². The van der Waals surface area contributed by atoms with Crippen LogP contribution in [0.3, 0.4) is 0 Å². The summed E-state index contributed by atoms with van der Waals surface area (Å²) in [6.45, 7) is 5.67. The van der Waals surface area contributed by atoms with E-state index in [0.29, 0.717) is 24.3 Å². The van der Waals surface area contributed by atoms with Gasteiger partial charge in [-0.15, -0.1) is 6.58 Å². The molecule has 92 valence electrons. The van der Waals surface area contributed by atoms with Gasteiger partial charge in [-0.25, -0.2) is 4.39 Å². The van der Waals surface area contributed by atoms with Crippen molar-refractivity contribution in [2.75, 3.05) is 24.6 Å². The Morgan fingerprint density at radius 1 is 1.59 bits per heavy atom. The molecule has 0 heterocycles. The number of rotatable bonds is 6. The van der Waals surface area contributed by atoms with Gasteiger partial charge in [0.25, 0.3) is 0 Å². The number of aliphatic hydroxyl groups excluding tert-OH is 1. The Hall–Kier alpha value is -1.68. The van der Waals surface area contributed by atoms with Crippen LogP contribution in [0, 0.1) is 5.82 Å². The Bertz CT molecular complexity index is 418. The number of halogens is 1. The molecule has 1 aromatic rings. The maximum Gasteiger partial charge on any atom is 0.159 e. The van der Waals surface area contributed by atoms with Crippen LogP contribution in [0.5, 0.6) is 0 Å². The molecule has 0 aliphatic heterocycles.